The summed E-state index contributed by atoms with van der Waals surface area (Å²) in [6.07, 6.45) is 9.33. The van der Waals surface area contributed by atoms with Gasteiger partial charge >= 0.3 is 0 Å². The zero-order chi connectivity index (χ0) is 24.9. The van der Waals surface area contributed by atoms with Gasteiger partial charge in [0.1, 0.15) is 5.82 Å². The number of aryl methyl sites for hydroxylation is 2. The molecule has 0 aliphatic carbocycles. The number of fused-ring (bicyclic) bond motifs is 3. The van der Waals surface area contributed by atoms with E-state index in [1.165, 1.54) is 5.56 Å². The molecule has 0 saturated heterocycles. The second-order valence-corrected chi connectivity index (χ2v) is 9.93. The zero-order valence-electron chi connectivity index (χ0n) is 20.7. The molecule has 37 heavy (non-hydrogen) atoms. The van der Waals surface area contributed by atoms with E-state index in [4.69, 9.17) is 4.98 Å². The summed E-state index contributed by atoms with van der Waals surface area (Å²) in [7, 11) is 0. The summed E-state index contributed by atoms with van der Waals surface area (Å²) in [6.45, 7) is 6.56. The van der Waals surface area contributed by atoms with Gasteiger partial charge in [0.15, 0.2) is 11.5 Å². The average Bonchev–Trinajstić information content (AvgIpc) is 3.59. The van der Waals surface area contributed by atoms with E-state index in [9.17, 15) is 4.79 Å². The van der Waals surface area contributed by atoms with Gasteiger partial charge in [-0.3, -0.25) is 14.8 Å². The summed E-state index contributed by atoms with van der Waals surface area (Å²) in [5.74, 6) is 1.83. The van der Waals surface area contributed by atoms with Gasteiger partial charge in [-0.05, 0) is 53.8 Å². The lowest BCUT2D eigenvalue weighted by atomic mass is 10.0. The van der Waals surface area contributed by atoms with Crippen LogP contribution in [0.5, 0.6) is 0 Å². The van der Waals surface area contributed by atoms with Crippen LogP contribution in [-0.2, 0) is 32.6 Å². The predicted molar refractivity (Wildman–Crippen MR) is 137 cm³/mol. The van der Waals surface area contributed by atoms with Crippen molar-refractivity contribution < 1.29 is 4.79 Å². The van der Waals surface area contributed by atoms with Crippen molar-refractivity contribution in [1.29, 1.82) is 0 Å². The van der Waals surface area contributed by atoms with Crippen LogP contribution in [0.3, 0.4) is 0 Å². The molecule has 0 spiro atoms. The Hall–Kier alpha value is -4.34. The fourth-order valence-electron chi connectivity index (χ4n) is 5.64. The van der Waals surface area contributed by atoms with Gasteiger partial charge in [0.05, 0.1) is 18.1 Å². The maximum atomic E-state index is 13.1. The minimum absolute atomic E-state index is 0.100. The van der Waals surface area contributed by atoms with Crippen molar-refractivity contribution in [2.45, 2.75) is 45.9 Å². The third-order valence-electron chi connectivity index (χ3n) is 7.55. The molecule has 7 rings (SSSR count). The predicted octanol–water partition coefficient (Wildman–Crippen LogP) is 3.03. The Labute approximate surface area is 214 Å². The van der Waals surface area contributed by atoms with Gasteiger partial charge in [-0.25, -0.2) is 4.68 Å². The number of anilines is 3. The molecule has 186 valence electrons. The van der Waals surface area contributed by atoms with Crippen molar-refractivity contribution in [2.24, 2.45) is 0 Å². The highest BCUT2D eigenvalue weighted by Crippen LogP contribution is 2.32. The van der Waals surface area contributed by atoms with E-state index < -0.39 is 0 Å². The lowest BCUT2D eigenvalue weighted by molar-refractivity contribution is 0.0744. The van der Waals surface area contributed by atoms with Crippen LogP contribution in [0.25, 0.3) is 0 Å². The van der Waals surface area contributed by atoms with Gasteiger partial charge in [-0.2, -0.15) is 5.10 Å². The molecular weight excluding hydrogens is 466 g/mol. The fraction of sp³-hybridized carbons (Fsp3) is 0.333. The summed E-state index contributed by atoms with van der Waals surface area (Å²) in [4.78, 5) is 28.5. The standard InChI is InChI=1S/C27H27N9O/c1-18-11-24(27(37)34-15-19-3-6-28-13-21(19)17-34)31-32-26(18)33-10-5-23-20(16-33)12-22(14-29-23)35-8-2-9-36-25(35)4-7-30-36/h3-4,6-7,11-14H,2,5,8-10,15-17H2,1H3. The molecule has 4 aromatic heterocycles. The summed E-state index contributed by atoms with van der Waals surface area (Å²) in [5.41, 5.74) is 6.97. The van der Waals surface area contributed by atoms with Crippen molar-refractivity contribution >= 4 is 23.2 Å². The second kappa shape index (κ2) is 8.65. The number of rotatable bonds is 3. The van der Waals surface area contributed by atoms with Gasteiger partial charge in [0, 0.05) is 69.8 Å². The highest BCUT2D eigenvalue weighted by molar-refractivity contribution is 5.93. The summed E-state index contributed by atoms with van der Waals surface area (Å²) in [5, 5.41) is 13.3. The molecule has 0 fully saturated rings. The molecule has 0 bridgehead atoms. The van der Waals surface area contributed by atoms with Crippen LogP contribution in [0.4, 0.5) is 17.3 Å². The minimum Gasteiger partial charge on any atom is -0.350 e. The fourth-order valence-corrected chi connectivity index (χ4v) is 5.64. The Bertz CT molecular complexity index is 1490. The number of carbonyl (C=O) groups is 1. The molecule has 0 N–H and O–H groups in total. The first-order valence-electron chi connectivity index (χ1n) is 12.7. The third-order valence-corrected chi connectivity index (χ3v) is 7.55. The molecule has 10 heteroatoms. The van der Waals surface area contributed by atoms with E-state index in [1.807, 2.05) is 37.6 Å². The molecule has 4 aromatic rings. The minimum atomic E-state index is -0.100. The molecule has 1 amide bonds. The van der Waals surface area contributed by atoms with Gasteiger partial charge in [-0.15, -0.1) is 10.2 Å². The normalized spacial score (nSPS) is 16.4. The number of hydrogen-bond acceptors (Lipinski definition) is 8. The van der Waals surface area contributed by atoms with Gasteiger partial charge in [0.25, 0.3) is 5.91 Å². The monoisotopic (exact) mass is 493 g/mol. The maximum absolute atomic E-state index is 13.1. The van der Waals surface area contributed by atoms with Crippen LogP contribution in [0.15, 0.2) is 49.1 Å². The first-order valence-corrected chi connectivity index (χ1v) is 12.7. The van der Waals surface area contributed by atoms with E-state index in [-0.39, 0.29) is 5.91 Å². The Kier molecular flexibility index (Phi) is 5.12. The molecule has 3 aliphatic heterocycles. The van der Waals surface area contributed by atoms with E-state index in [0.717, 1.165) is 72.2 Å². The Morgan fingerprint density at radius 3 is 2.73 bits per heavy atom. The smallest absolute Gasteiger partial charge is 0.274 e. The Morgan fingerprint density at radius 2 is 1.84 bits per heavy atom. The van der Waals surface area contributed by atoms with E-state index >= 15 is 0 Å². The number of aromatic nitrogens is 6. The van der Waals surface area contributed by atoms with E-state index in [2.05, 4.69) is 46.9 Å². The van der Waals surface area contributed by atoms with Crippen LogP contribution in [0.2, 0.25) is 0 Å². The number of pyridine rings is 2. The number of hydrogen-bond donors (Lipinski definition) is 0. The van der Waals surface area contributed by atoms with Crippen LogP contribution >= 0.6 is 0 Å². The maximum Gasteiger partial charge on any atom is 0.274 e. The summed E-state index contributed by atoms with van der Waals surface area (Å²) < 4.78 is 2.05. The Morgan fingerprint density at radius 1 is 0.919 bits per heavy atom. The lowest BCUT2D eigenvalue weighted by Crippen LogP contribution is -2.34. The Balaban J connectivity index is 1.10. The summed E-state index contributed by atoms with van der Waals surface area (Å²) in [6, 6.07) is 8.14. The van der Waals surface area contributed by atoms with Crippen LogP contribution in [-0.4, -0.2) is 53.8 Å². The van der Waals surface area contributed by atoms with Gasteiger partial charge < -0.3 is 14.7 Å². The molecule has 0 unspecified atom stereocenters. The second-order valence-electron chi connectivity index (χ2n) is 9.93. The van der Waals surface area contributed by atoms with Crippen molar-refractivity contribution in [3.05, 3.63) is 82.7 Å². The zero-order valence-corrected chi connectivity index (χ0v) is 20.7. The van der Waals surface area contributed by atoms with Crippen molar-refractivity contribution in [3.63, 3.8) is 0 Å². The number of carbonyl (C=O) groups excluding carboxylic acids is 1. The molecule has 0 atom stereocenters. The van der Waals surface area contributed by atoms with Crippen molar-refractivity contribution in [2.75, 3.05) is 22.9 Å². The van der Waals surface area contributed by atoms with Crippen LogP contribution in [0, 0.1) is 6.92 Å². The van der Waals surface area contributed by atoms with Crippen molar-refractivity contribution in [1.82, 2.24) is 34.8 Å². The molecule has 10 nitrogen and oxygen atoms in total. The van der Waals surface area contributed by atoms with Crippen LogP contribution in [0.1, 0.15) is 44.9 Å². The van der Waals surface area contributed by atoms with E-state index in [0.29, 0.717) is 25.3 Å². The quantitative estimate of drug-likeness (QED) is 0.430. The van der Waals surface area contributed by atoms with Crippen LogP contribution < -0.4 is 9.80 Å². The molecule has 7 heterocycles. The third kappa shape index (κ3) is 3.80. The SMILES string of the molecule is Cc1cc(C(=O)N2Cc3ccncc3C2)nnc1N1CCc2ncc(N3CCCn4nccc43)cc2C1. The lowest BCUT2D eigenvalue weighted by Gasteiger charge is -2.33. The summed E-state index contributed by atoms with van der Waals surface area (Å²) >= 11 is 0. The molecule has 0 radical (unpaired) electrons. The molecular formula is C27H27N9O. The number of amides is 1. The molecule has 0 saturated carbocycles. The van der Waals surface area contributed by atoms with Crippen molar-refractivity contribution in [3.8, 4) is 0 Å². The first-order chi connectivity index (χ1) is 18.1. The molecule has 3 aliphatic rings. The van der Waals surface area contributed by atoms with Gasteiger partial charge in [-0.1, -0.05) is 0 Å². The first kappa shape index (κ1) is 21.9. The average molecular weight is 494 g/mol. The topological polar surface area (TPSA) is 96.2 Å². The highest BCUT2D eigenvalue weighted by atomic mass is 16.2. The largest absolute Gasteiger partial charge is 0.350 e. The number of nitrogens with zero attached hydrogens (tertiary/aromatic N) is 9. The highest BCUT2D eigenvalue weighted by Gasteiger charge is 2.28. The molecule has 0 aromatic carbocycles. The van der Waals surface area contributed by atoms with E-state index in [1.54, 1.807) is 11.1 Å². The van der Waals surface area contributed by atoms with Gasteiger partial charge in [0.2, 0.25) is 0 Å².